The fourth-order valence-corrected chi connectivity index (χ4v) is 2.77. The van der Waals surface area contributed by atoms with Gasteiger partial charge in [-0.1, -0.05) is 5.21 Å². The van der Waals surface area contributed by atoms with Gasteiger partial charge in [0.15, 0.2) is 0 Å². The first-order valence-electron chi connectivity index (χ1n) is 7.75. The summed E-state index contributed by atoms with van der Waals surface area (Å²) in [6, 6.07) is 1.99. The average molecular weight is 315 g/mol. The van der Waals surface area contributed by atoms with Crippen LogP contribution in [0.2, 0.25) is 0 Å². The van der Waals surface area contributed by atoms with E-state index in [0.717, 1.165) is 5.56 Å². The van der Waals surface area contributed by atoms with Gasteiger partial charge in [-0.2, -0.15) is 0 Å². The summed E-state index contributed by atoms with van der Waals surface area (Å²) < 4.78 is 1.71. The van der Waals surface area contributed by atoms with Gasteiger partial charge in [0, 0.05) is 31.4 Å². The highest BCUT2D eigenvalue weighted by Gasteiger charge is 2.42. The molecule has 7 nitrogen and oxygen atoms in total. The molecule has 1 aliphatic rings. The second kappa shape index (κ2) is 5.73. The van der Waals surface area contributed by atoms with Gasteiger partial charge >= 0.3 is 0 Å². The Bertz CT molecular complexity index is 727. The molecule has 0 aromatic carbocycles. The van der Waals surface area contributed by atoms with Gasteiger partial charge in [-0.15, -0.1) is 5.10 Å². The van der Waals surface area contributed by atoms with Crippen LogP contribution in [0, 0.1) is 6.92 Å². The molecule has 1 aliphatic heterocycles. The number of aliphatic hydroxyl groups is 1. The van der Waals surface area contributed by atoms with Crippen molar-refractivity contribution in [2.45, 2.75) is 38.8 Å². The largest absolute Gasteiger partial charge is 0.381 e. The molecule has 0 aliphatic carbocycles. The zero-order valence-corrected chi connectivity index (χ0v) is 13.6. The number of pyridine rings is 1. The highest BCUT2D eigenvalue weighted by atomic mass is 16.3. The Labute approximate surface area is 134 Å². The van der Waals surface area contributed by atoms with Crippen LogP contribution in [-0.4, -0.2) is 49.0 Å². The zero-order chi connectivity index (χ0) is 16.6. The van der Waals surface area contributed by atoms with E-state index < -0.39 is 5.60 Å². The van der Waals surface area contributed by atoms with Gasteiger partial charge in [-0.05, 0) is 32.4 Å². The number of rotatable bonds is 3. The molecule has 23 heavy (non-hydrogen) atoms. The number of amides is 1. The lowest BCUT2D eigenvalue weighted by Crippen LogP contribution is -2.34. The van der Waals surface area contributed by atoms with Gasteiger partial charge in [0.2, 0.25) is 0 Å². The molecular weight excluding hydrogens is 294 g/mol. The van der Waals surface area contributed by atoms with Gasteiger partial charge in [0.05, 0.1) is 18.3 Å². The van der Waals surface area contributed by atoms with E-state index in [-0.39, 0.29) is 18.5 Å². The van der Waals surface area contributed by atoms with E-state index >= 15 is 0 Å². The summed E-state index contributed by atoms with van der Waals surface area (Å²) in [4.78, 5) is 18.3. The second-order valence-electron chi connectivity index (χ2n) is 6.44. The van der Waals surface area contributed by atoms with Crippen molar-refractivity contribution in [2.75, 3.05) is 13.1 Å². The molecule has 1 N–H and O–H groups in total. The first kappa shape index (κ1) is 15.6. The highest BCUT2D eigenvalue weighted by Crippen LogP contribution is 2.31. The fraction of sp³-hybridized carbons (Fsp3) is 0.500. The summed E-state index contributed by atoms with van der Waals surface area (Å²) in [6.07, 6.45) is 5.48. The normalized spacial score (nSPS) is 21.2. The number of aryl methyl sites for hydroxylation is 1. The molecule has 3 rings (SSSR count). The summed E-state index contributed by atoms with van der Waals surface area (Å²) >= 11 is 0. The minimum Gasteiger partial charge on any atom is -0.381 e. The van der Waals surface area contributed by atoms with Crippen LogP contribution in [0.4, 0.5) is 0 Å². The molecular formula is C16H21N5O2. The van der Waals surface area contributed by atoms with E-state index in [2.05, 4.69) is 15.3 Å². The van der Waals surface area contributed by atoms with E-state index in [1.54, 1.807) is 28.2 Å². The minimum atomic E-state index is -1.14. The van der Waals surface area contributed by atoms with E-state index in [9.17, 15) is 9.90 Å². The molecule has 1 saturated heterocycles. The number of hydrogen-bond donors (Lipinski definition) is 1. The zero-order valence-electron chi connectivity index (χ0n) is 13.6. The summed E-state index contributed by atoms with van der Waals surface area (Å²) in [5.41, 5.74) is 0.856. The Kier molecular flexibility index (Phi) is 3.89. The van der Waals surface area contributed by atoms with Crippen molar-refractivity contribution in [3.63, 3.8) is 0 Å². The third-order valence-corrected chi connectivity index (χ3v) is 4.17. The number of carbonyl (C=O) groups excluding carboxylic acids is 1. The standard InChI is InChI=1S/C16H21N5O2/c1-11(2)21-9-14(18-19-21)16(23)4-5-20(10-16)15(22)13-6-12(3)7-17-8-13/h6-9,11,23H,4-5,10H2,1-3H3/t16-/m1/s1. The Morgan fingerprint density at radius 2 is 2.17 bits per heavy atom. The van der Waals surface area contributed by atoms with Gasteiger partial charge < -0.3 is 10.0 Å². The molecule has 3 heterocycles. The number of carbonyl (C=O) groups is 1. The lowest BCUT2D eigenvalue weighted by atomic mass is 10.00. The monoisotopic (exact) mass is 315 g/mol. The molecule has 0 saturated carbocycles. The van der Waals surface area contributed by atoms with Crippen LogP contribution in [0.25, 0.3) is 0 Å². The van der Waals surface area contributed by atoms with Gasteiger partial charge in [-0.3, -0.25) is 9.78 Å². The van der Waals surface area contributed by atoms with Gasteiger partial charge in [-0.25, -0.2) is 4.68 Å². The van der Waals surface area contributed by atoms with Crippen LogP contribution < -0.4 is 0 Å². The van der Waals surface area contributed by atoms with Crippen molar-refractivity contribution in [2.24, 2.45) is 0 Å². The third kappa shape index (κ3) is 2.96. The van der Waals surface area contributed by atoms with Crippen molar-refractivity contribution in [1.82, 2.24) is 24.9 Å². The smallest absolute Gasteiger partial charge is 0.255 e. The molecule has 2 aromatic heterocycles. The summed E-state index contributed by atoms with van der Waals surface area (Å²) in [6.45, 7) is 6.60. The third-order valence-electron chi connectivity index (χ3n) is 4.17. The lowest BCUT2D eigenvalue weighted by molar-refractivity contribution is 0.0381. The Balaban J connectivity index is 1.77. The SMILES string of the molecule is Cc1cncc(C(=O)N2CC[C@](O)(c3cn(C(C)C)nn3)C2)c1. The Morgan fingerprint density at radius 3 is 2.83 bits per heavy atom. The predicted octanol–water partition coefficient (Wildman–Crippen LogP) is 1.30. The molecule has 122 valence electrons. The first-order chi connectivity index (χ1) is 10.9. The topological polar surface area (TPSA) is 84.1 Å². The van der Waals surface area contributed by atoms with E-state index in [0.29, 0.717) is 24.2 Å². The van der Waals surface area contributed by atoms with E-state index in [1.165, 1.54) is 0 Å². The average Bonchev–Trinajstić information content (AvgIpc) is 3.14. The summed E-state index contributed by atoms with van der Waals surface area (Å²) in [5, 5.41) is 19.0. The van der Waals surface area contributed by atoms with Gasteiger partial charge in [0.1, 0.15) is 11.3 Å². The molecule has 0 spiro atoms. The maximum Gasteiger partial charge on any atom is 0.255 e. The first-order valence-corrected chi connectivity index (χ1v) is 7.75. The van der Waals surface area contributed by atoms with E-state index in [1.807, 2.05) is 26.8 Å². The molecule has 0 bridgehead atoms. The molecule has 2 aromatic rings. The lowest BCUT2D eigenvalue weighted by Gasteiger charge is -2.21. The number of nitrogens with zero attached hydrogens (tertiary/aromatic N) is 5. The maximum atomic E-state index is 12.6. The van der Waals surface area contributed by atoms with Gasteiger partial charge in [0.25, 0.3) is 5.91 Å². The summed E-state index contributed by atoms with van der Waals surface area (Å²) in [5.74, 6) is -0.117. The predicted molar refractivity (Wildman–Crippen MR) is 83.8 cm³/mol. The molecule has 1 fully saturated rings. The Hall–Kier alpha value is -2.28. The van der Waals surface area contributed by atoms with Crippen LogP contribution in [0.5, 0.6) is 0 Å². The quantitative estimate of drug-likeness (QED) is 0.923. The number of likely N-dealkylation sites (tertiary alicyclic amines) is 1. The molecule has 0 unspecified atom stereocenters. The number of hydrogen-bond acceptors (Lipinski definition) is 5. The molecule has 0 radical (unpaired) electrons. The maximum absolute atomic E-state index is 12.6. The van der Waals surface area contributed by atoms with Crippen molar-refractivity contribution in [3.8, 4) is 0 Å². The fourth-order valence-electron chi connectivity index (χ4n) is 2.77. The number of aromatic nitrogens is 4. The van der Waals surface area contributed by atoms with Crippen LogP contribution in [-0.2, 0) is 5.60 Å². The van der Waals surface area contributed by atoms with Crippen molar-refractivity contribution in [3.05, 3.63) is 41.5 Å². The molecule has 7 heteroatoms. The van der Waals surface area contributed by atoms with Crippen LogP contribution >= 0.6 is 0 Å². The second-order valence-corrected chi connectivity index (χ2v) is 6.44. The number of β-amino-alcohol motifs (C(OH)–C–C–N with tert-alkyl or cyclic N) is 1. The highest BCUT2D eigenvalue weighted by molar-refractivity contribution is 5.94. The summed E-state index contributed by atoms with van der Waals surface area (Å²) in [7, 11) is 0. The van der Waals surface area contributed by atoms with Crippen LogP contribution in [0.3, 0.4) is 0 Å². The minimum absolute atomic E-state index is 0.117. The Morgan fingerprint density at radius 1 is 1.39 bits per heavy atom. The van der Waals surface area contributed by atoms with Crippen LogP contribution in [0.1, 0.15) is 47.9 Å². The molecule has 1 atom stereocenters. The van der Waals surface area contributed by atoms with Crippen molar-refractivity contribution in [1.29, 1.82) is 0 Å². The van der Waals surface area contributed by atoms with Crippen molar-refractivity contribution < 1.29 is 9.90 Å². The van der Waals surface area contributed by atoms with Crippen LogP contribution in [0.15, 0.2) is 24.7 Å². The van der Waals surface area contributed by atoms with E-state index in [4.69, 9.17) is 0 Å². The molecule has 1 amide bonds. The van der Waals surface area contributed by atoms with Crippen molar-refractivity contribution >= 4 is 5.91 Å².